The number of hydrogen-bond donors (Lipinski definition) is 2. The Hall–Kier alpha value is -1.88. The van der Waals surface area contributed by atoms with Crippen molar-refractivity contribution in [2.24, 2.45) is 0 Å². The lowest BCUT2D eigenvalue weighted by Crippen LogP contribution is -2.28. The maximum atomic E-state index is 12.2. The van der Waals surface area contributed by atoms with E-state index in [1.807, 2.05) is 32.2 Å². The van der Waals surface area contributed by atoms with Crippen LogP contribution in [0.3, 0.4) is 0 Å². The summed E-state index contributed by atoms with van der Waals surface area (Å²) in [5.74, 6) is 0.338. The first-order chi connectivity index (χ1) is 10.1. The van der Waals surface area contributed by atoms with E-state index in [1.54, 1.807) is 11.3 Å². The fourth-order valence-corrected chi connectivity index (χ4v) is 3.47. The number of anilines is 1. The number of para-hydroxylation sites is 1. The molecule has 4 nitrogen and oxygen atoms in total. The average molecular weight is 301 g/mol. The van der Waals surface area contributed by atoms with Crippen LogP contribution in [0.5, 0.6) is 0 Å². The van der Waals surface area contributed by atoms with E-state index < -0.39 is 0 Å². The molecule has 1 amide bonds. The van der Waals surface area contributed by atoms with E-state index in [4.69, 9.17) is 0 Å². The fourth-order valence-electron chi connectivity index (χ4n) is 2.70. The van der Waals surface area contributed by atoms with E-state index >= 15 is 0 Å². The van der Waals surface area contributed by atoms with Crippen LogP contribution in [-0.2, 0) is 4.79 Å². The van der Waals surface area contributed by atoms with E-state index in [0.29, 0.717) is 6.42 Å². The van der Waals surface area contributed by atoms with Gasteiger partial charge in [0.15, 0.2) is 0 Å². The number of rotatable bonds is 4. The third-order valence-corrected chi connectivity index (χ3v) is 4.85. The predicted molar refractivity (Wildman–Crippen MR) is 85.7 cm³/mol. The second kappa shape index (κ2) is 5.85. The molecule has 3 rings (SSSR count). The van der Waals surface area contributed by atoms with Crippen molar-refractivity contribution < 1.29 is 4.79 Å². The van der Waals surface area contributed by atoms with Crippen molar-refractivity contribution >= 4 is 22.9 Å². The molecule has 0 fully saturated rings. The molecule has 0 saturated carbocycles. The number of aryl methyl sites for hydroxylation is 1. The number of aromatic nitrogens is 1. The molecule has 0 bridgehead atoms. The Kier molecular flexibility index (Phi) is 3.92. The lowest BCUT2D eigenvalue weighted by molar-refractivity contribution is -0.122. The Balaban J connectivity index is 1.60. The molecule has 1 aliphatic rings. The maximum absolute atomic E-state index is 12.2. The van der Waals surface area contributed by atoms with Crippen LogP contribution >= 0.6 is 11.3 Å². The van der Waals surface area contributed by atoms with Crippen molar-refractivity contribution in [3.63, 3.8) is 0 Å². The van der Waals surface area contributed by atoms with Crippen molar-refractivity contribution in [1.82, 2.24) is 10.3 Å². The molecule has 5 heteroatoms. The molecule has 2 heterocycles. The minimum absolute atomic E-state index is 0.0270. The summed E-state index contributed by atoms with van der Waals surface area (Å²) in [6.45, 7) is 4.84. The molecule has 1 aromatic carbocycles. The summed E-state index contributed by atoms with van der Waals surface area (Å²) in [6.07, 6.45) is 2.36. The van der Waals surface area contributed by atoms with Gasteiger partial charge in [0.1, 0.15) is 5.01 Å². The number of benzene rings is 1. The average Bonchev–Trinajstić information content (AvgIpc) is 3.06. The first kappa shape index (κ1) is 14.1. The molecule has 0 radical (unpaired) electrons. The number of amides is 1. The van der Waals surface area contributed by atoms with Gasteiger partial charge in [-0.05, 0) is 25.5 Å². The van der Waals surface area contributed by atoms with E-state index in [-0.39, 0.29) is 17.9 Å². The van der Waals surface area contributed by atoms with E-state index in [9.17, 15) is 4.79 Å². The SMILES string of the molecule is Cc1cnc(C(C)NC(=O)CC2CNc3ccccc32)s1. The summed E-state index contributed by atoms with van der Waals surface area (Å²) in [7, 11) is 0. The largest absolute Gasteiger partial charge is 0.384 e. The highest BCUT2D eigenvalue weighted by molar-refractivity contribution is 7.11. The van der Waals surface area contributed by atoms with Gasteiger partial charge in [-0.3, -0.25) is 4.79 Å². The van der Waals surface area contributed by atoms with Gasteiger partial charge in [-0.25, -0.2) is 4.98 Å². The standard InChI is InChI=1S/C16H19N3OS/c1-10-8-18-16(21-10)11(2)19-15(20)7-12-9-17-14-6-4-3-5-13(12)14/h3-6,8,11-12,17H,7,9H2,1-2H3,(H,19,20). The van der Waals surface area contributed by atoms with Gasteiger partial charge >= 0.3 is 0 Å². The molecule has 21 heavy (non-hydrogen) atoms. The van der Waals surface area contributed by atoms with Crippen molar-refractivity contribution in [2.75, 3.05) is 11.9 Å². The van der Waals surface area contributed by atoms with Gasteiger partial charge in [0.2, 0.25) is 5.91 Å². The zero-order chi connectivity index (χ0) is 14.8. The lowest BCUT2D eigenvalue weighted by Gasteiger charge is -2.14. The third kappa shape index (κ3) is 3.08. The number of carbonyl (C=O) groups is 1. The smallest absolute Gasteiger partial charge is 0.221 e. The van der Waals surface area contributed by atoms with Crippen LogP contribution in [0.1, 0.15) is 40.8 Å². The minimum atomic E-state index is -0.0270. The summed E-state index contributed by atoms with van der Waals surface area (Å²) < 4.78 is 0. The highest BCUT2D eigenvalue weighted by Gasteiger charge is 2.24. The predicted octanol–water partition coefficient (Wildman–Crippen LogP) is 3.23. The van der Waals surface area contributed by atoms with Crippen LogP contribution in [0.4, 0.5) is 5.69 Å². The number of hydrogen-bond acceptors (Lipinski definition) is 4. The maximum Gasteiger partial charge on any atom is 0.221 e. The Labute approximate surface area is 128 Å². The summed E-state index contributed by atoms with van der Waals surface area (Å²) in [5.41, 5.74) is 2.39. The second-order valence-corrected chi connectivity index (χ2v) is 6.73. The molecule has 0 aliphatic carbocycles. The van der Waals surface area contributed by atoms with Crippen LogP contribution in [0, 0.1) is 6.92 Å². The molecular formula is C16H19N3OS. The monoisotopic (exact) mass is 301 g/mol. The number of fused-ring (bicyclic) bond motifs is 1. The fraction of sp³-hybridized carbons (Fsp3) is 0.375. The summed E-state index contributed by atoms with van der Waals surface area (Å²) >= 11 is 1.63. The Morgan fingerprint density at radius 1 is 1.52 bits per heavy atom. The first-order valence-corrected chi connectivity index (χ1v) is 7.99. The lowest BCUT2D eigenvalue weighted by atomic mass is 9.97. The Morgan fingerprint density at radius 2 is 2.33 bits per heavy atom. The molecule has 2 atom stereocenters. The van der Waals surface area contributed by atoms with Crippen molar-refractivity contribution in [3.05, 3.63) is 45.9 Å². The topological polar surface area (TPSA) is 54.0 Å². The first-order valence-electron chi connectivity index (χ1n) is 7.18. The highest BCUT2D eigenvalue weighted by atomic mass is 32.1. The van der Waals surface area contributed by atoms with Gasteiger partial charge in [-0.2, -0.15) is 0 Å². The van der Waals surface area contributed by atoms with Gasteiger partial charge in [-0.1, -0.05) is 18.2 Å². The van der Waals surface area contributed by atoms with E-state index in [0.717, 1.165) is 17.2 Å². The van der Waals surface area contributed by atoms with Crippen molar-refractivity contribution in [2.45, 2.75) is 32.2 Å². The third-order valence-electron chi connectivity index (χ3n) is 3.76. The van der Waals surface area contributed by atoms with Gasteiger partial charge < -0.3 is 10.6 Å². The molecule has 2 aromatic rings. The van der Waals surface area contributed by atoms with Gasteiger partial charge in [-0.15, -0.1) is 11.3 Å². The van der Waals surface area contributed by atoms with Gasteiger partial charge in [0.25, 0.3) is 0 Å². The molecule has 1 aliphatic heterocycles. The second-order valence-electron chi connectivity index (χ2n) is 5.47. The normalized spacial score (nSPS) is 17.9. The molecule has 110 valence electrons. The molecule has 2 N–H and O–H groups in total. The van der Waals surface area contributed by atoms with Crippen LogP contribution in [0.15, 0.2) is 30.5 Å². The number of nitrogens with zero attached hydrogens (tertiary/aromatic N) is 1. The van der Waals surface area contributed by atoms with Crippen LogP contribution in [0.25, 0.3) is 0 Å². The Morgan fingerprint density at radius 3 is 3.10 bits per heavy atom. The number of thiazole rings is 1. The minimum Gasteiger partial charge on any atom is -0.384 e. The van der Waals surface area contributed by atoms with Gasteiger partial charge in [0, 0.05) is 35.6 Å². The van der Waals surface area contributed by atoms with Gasteiger partial charge in [0.05, 0.1) is 6.04 Å². The summed E-state index contributed by atoms with van der Waals surface area (Å²) in [6, 6.07) is 8.18. The van der Waals surface area contributed by atoms with Crippen LogP contribution < -0.4 is 10.6 Å². The van der Waals surface area contributed by atoms with Crippen LogP contribution in [-0.4, -0.2) is 17.4 Å². The molecular weight excluding hydrogens is 282 g/mol. The summed E-state index contributed by atoms with van der Waals surface area (Å²) in [4.78, 5) is 17.7. The summed E-state index contributed by atoms with van der Waals surface area (Å²) in [5, 5.41) is 7.37. The van der Waals surface area contributed by atoms with Crippen molar-refractivity contribution in [1.29, 1.82) is 0 Å². The van der Waals surface area contributed by atoms with Crippen molar-refractivity contribution in [3.8, 4) is 0 Å². The number of carbonyl (C=O) groups excluding carboxylic acids is 1. The highest BCUT2D eigenvalue weighted by Crippen LogP contribution is 2.33. The van der Waals surface area contributed by atoms with Crippen LogP contribution in [0.2, 0.25) is 0 Å². The van der Waals surface area contributed by atoms with E-state index in [1.165, 1.54) is 10.4 Å². The van der Waals surface area contributed by atoms with E-state index in [2.05, 4.69) is 27.8 Å². The zero-order valence-electron chi connectivity index (χ0n) is 12.2. The molecule has 0 saturated heterocycles. The quantitative estimate of drug-likeness (QED) is 0.911. The molecule has 1 aromatic heterocycles. The Bertz CT molecular complexity index is 652. The molecule has 0 spiro atoms. The zero-order valence-corrected chi connectivity index (χ0v) is 13.0. The molecule has 2 unspecified atom stereocenters. The number of nitrogens with one attached hydrogen (secondary N) is 2.